The molecule has 0 aliphatic rings. The number of nitrogens with one attached hydrogen (secondary N) is 1. The van der Waals surface area contributed by atoms with Crippen molar-refractivity contribution in [2.75, 3.05) is 0 Å². The SMILES string of the molecule is O=C(NCc1ccccc1Br)c1cc(F)cnc1Cl. The first-order chi connectivity index (χ1) is 9.08. The lowest BCUT2D eigenvalue weighted by Gasteiger charge is -2.07. The Morgan fingerprint density at radius 2 is 2.16 bits per heavy atom. The minimum Gasteiger partial charge on any atom is -0.348 e. The van der Waals surface area contributed by atoms with Gasteiger partial charge in [-0.15, -0.1) is 0 Å². The van der Waals surface area contributed by atoms with E-state index in [1.165, 1.54) is 0 Å². The molecule has 0 fully saturated rings. The van der Waals surface area contributed by atoms with Crippen LogP contribution in [0.25, 0.3) is 0 Å². The van der Waals surface area contributed by atoms with Crippen LogP contribution in [0.15, 0.2) is 41.0 Å². The van der Waals surface area contributed by atoms with E-state index in [4.69, 9.17) is 11.6 Å². The molecule has 0 unspecified atom stereocenters. The molecule has 1 amide bonds. The smallest absolute Gasteiger partial charge is 0.254 e. The van der Waals surface area contributed by atoms with E-state index in [-0.39, 0.29) is 10.7 Å². The maximum absolute atomic E-state index is 13.0. The summed E-state index contributed by atoms with van der Waals surface area (Å²) in [4.78, 5) is 15.5. The van der Waals surface area contributed by atoms with Gasteiger partial charge in [0.05, 0.1) is 11.8 Å². The van der Waals surface area contributed by atoms with Crippen LogP contribution in [-0.2, 0) is 6.54 Å². The molecule has 0 saturated carbocycles. The molecule has 0 radical (unpaired) electrons. The van der Waals surface area contributed by atoms with Crippen molar-refractivity contribution in [3.8, 4) is 0 Å². The lowest BCUT2D eigenvalue weighted by Crippen LogP contribution is -2.23. The molecular weight excluding hydrogens is 335 g/mol. The van der Waals surface area contributed by atoms with E-state index in [0.29, 0.717) is 6.54 Å². The monoisotopic (exact) mass is 342 g/mol. The number of benzene rings is 1. The maximum atomic E-state index is 13.0. The van der Waals surface area contributed by atoms with Crippen molar-refractivity contribution in [3.63, 3.8) is 0 Å². The normalized spacial score (nSPS) is 10.3. The van der Waals surface area contributed by atoms with Gasteiger partial charge in [0.15, 0.2) is 0 Å². The second-order valence-electron chi connectivity index (χ2n) is 3.77. The molecule has 0 bridgehead atoms. The molecule has 0 aliphatic carbocycles. The van der Waals surface area contributed by atoms with Crippen LogP contribution in [0.3, 0.4) is 0 Å². The molecule has 0 spiro atoms. The van der Waals surface area contributed by atoms with E-state index in [9.17, 15) is 9.18 Å². The molecule has 3 nitrogen and oxygen atoms in total. The molecule has 1 aromatic carbocycles. The molecule has 0 saturated heterocycles. The quantitative estimate of drug-likeness (QED) is 0.866. The number of aromatic nitrogens is 1. The highest BCUT2D eigenvalue weighted by Crippen LogP contribution is 2.17. The fourth-order valence-electron chi connectivity index (χ4n) is 1.49. The predicted molar refractivity (Wildman–Crippen MR) is 74.5 cm³/mol. The summed E-state index contributed by atoms with van der Waals surface area (Å²) < 4.78 is 13.9. The molecule has 1 N–H and O–H groups in total. The van der Waals surface area contributed by atoms with E-state index in [0.717, 1.165) is 22.3 Å². The minimum atomic E-state index is -0.601. The van der Waals surface area contributed by atoms with Gasteiger partial charge in [-0.25, -0.2) is 9.37 Å². The van der Waals surface area contributed by atoms with Crippen molar-refractivity contribution in [1.29, 1.82) is 0 Å². The Hall–Kier alpha value is -1.46. The van der Waals surface area contributed by atoms with Crippen molar-refractivity contribution in [2.45, 2.75) is 6.54 Å². The van der Waals surface area contributed by atoms with Crippen molar-refractivity contribution in [2.24, 2.45) is 0 Å². The number of hydrogen-bond acceptors (Lipinski definition) is 2. The van der Waals surface area contributed by atoms with Crippen LogP contribution in [0, 0.1) is 5.82 Å². The number of amides is 1. The van der Waals surface area contributed by atoms with Gasteiger partial charge in [-0.05, 0) is 17.7 Å². The number of hydrogen-bond donors (Lipinski definition) is 1. The topological polar surface area (TPSA) is 42.0 Å². The fourth-order valence-corrected chi connectivity index (χ4v) is 2.11. The summed E-state index contributed by atoms with van der Waals surface area (Å²) in [6.45, 7) is 0.313. The second kappa shape index (κ2) is 6.12. The summed E-state index contributed by atoms with van der Waals surface area (Å²) in [5, 5.41) is 2.64. The van der Waals surface area contributed by atoms with E-state index in [1.807, 2.05) is 24.3 Å². The minimum absolute atomic E-state index is 0.0220. The molecular formula is C13H9BrClFN2O. The van der Waals surface area contributed by atoms with Gasteiger partial charge in [-0.2, -0.15) is 0 Å². The van der Waals surface area contributed by atoms with Crippen LogP contribution in [0.1, 0.15) is 15.9 Å². The summed E-state index contributed by atoms with van der Waals surface area (Å²) >= 11 is 9.14. The third-order valence-electron chi connectivity index (χ3n) is 2.45. The summed E-state index contributed by atoms with van der Waals surface area (Å²) in [6.07, 6.45) is 0.965. The van der Waals surface area contributed by atoms with Gasteiger partial charge in [0, 0.05) is 11.0 Å². The number of carbonyl (C=O) groups is 1. The summed E-state index contributed by atoms with van der Waals surface area (Å²) in [7, 11) is 0. The van der Waals surface area contributed by atoms with Gasteiger partial charge in [0.25, 0.3) is 5.91 Å². The molecule has 2 rings (SSSR count). The van der Waals surface area contributed by atoms with Crippen LogP contribution < -0.4 is 5.32 Å². The number of carbonyl (C=O) groups excluding carboxylic acids is 1. The highest BCUT2D eigenvalue weighted by atomic mass is 79.9. The van der Waals surface area contributed by atoms with E-state index in [2.05, 4.69) is 26.2 Å². The van der Waals surface area contributed by atoms with Gasteiger partial charge < -0.3 is 5.32 Å². The van der Waals surface area contributed by atoms with Crippen molar-refractivity contribution in [3.05, 3.63) is 63.1 Å². The average Bonchev–Trinajstić information content (AvgIpc) is 2.40. The van der Waals surface area contributed by atoms with Crippen LogP contribution >= 0.6 is 27.5 Å². The zero-order valence-corrected chi connectivity index (χ0v) is 12.0. The van der Waals surface area contributed by atoms with Crippen LogP contribution in [0.2, 0.25) is 5.15 Å². The summed E-state index contributed by atoms with van der Waals surface area (Å²) in [5.74, 6) is -1.07. The summed E-state index contributed by atoms with van der Waals surface area (Å²) in [5.41, 5.74) is 0.935. The number of pyridine rings is 1. The van der Waals surface area contributed by atoms with Gasteiger partial charge in [-0.1, -0.05) is 45.7 Å². The third kappa shape index (κ3) is 3.52. The Morgan fingerprint density at radius 3 is 2.89 bits per heavy atom. The van der Waals surface area contributed by atoms with Crippen LogP contribution in [0.4, 0.5) is 4.39 Å². The third-order valence-corrected chi connectivity index (χ3v) is 3.52. The Labute approximate surface area is 122 Å². The van der Waals surface area contributed by atoms with E-state index < -0.39 is 11.7 Å². The Bertz CT molecular complexity index is 621. The molecule has 0 atom stereocenters. The van der Waals surface area contributed by atoms with Crippen molar-refractivity contribution < 1.29 is 9.18 Å². The Balaban J connectivity index is 2.10. The van der Waals surface area contributed by atoms with Crippen LogP contribution in [0.5, 0.6) is 0 Å². The van der Waals surface area contributed by atoms with Gasteiger partial charge in [0.1, 0.15) is 11.0 Å². The predicted octanol–water partition coefficient (Wildman–Crippen LogP) is 3.57. The zero-order valence-electron chi connectivity index (χ0n) is 9.66. The fraction of sp³-hybridized carbons (Fsp3) is 0.0769. The second-order valence-corrected chi connectivity index (χ2v) is 4.98. The van der Waals surface area contributed by atoms with Crippen molar-refractivity contribution in [1.82, 2.24) is 10.3 Å². The first kappa shape index (κ1) is 14.0. The molecule has 1 heterocycles. The van der Waals surface area contributed by atoms with E-state index in [1.54, 1.807) is 0 Å². The molecule has 19 heavy (non-hydrogen) atoms. The number of rotatable bonds is 3. The summed E-state index contributed by atoms with van der Waals surface area (Å²) in [6, 6.07) is 8.55. The van der Waals surface area contributed by atoms with Gasteiger partial charge in [0.2, 0.25) is 0 Å². The van der Waals surface area contributed by atoms with Crippen molar-refractivity contribution >= 4 is 33.4 Å². The largest absolute Gasteiger partial charge is 0.348 e. The highest BCUT2D eigenvalue weighted by Gasteiger charge is 2.12. The number of halogens is 3. The van der Waals surface area contributed by atoms with E-state index >= 15 is 0 Å². The van der Waals surface area contributed by atoms with Gasteiger partial charge >= 0.3 is 0 Å². The molecule has 0 aliphatic heterocycles. The molecule has 2 aromatic rings. The van der Waals surface area contributed by atoms with Crippen LogP contribution in [-0.4, -0.2) is 10.9 Å². The highest BCUT2D eigenvalue weighted by molar-refractivity contribution is 9.10. The van der Waals surface area contributed by atoms with Gasteiger partial charge in [-0.3, -0.25) is 4.79 Å². The number of nitrogens with zero attached hydrogens (tertiary/aromatic N) is 1. The molecule has 98 valence electrons. The molecule has 1 aromatic heterocycles. The lowest BCUT2D eigenvalue weighted by molar-refractivity contribution is 0.0950. The zero-order chi connectivity index (χ0) is 13.8. The first-order valence-corrected chi connectivity index (χ1v) is 6.57. The maximum Gasteiger partial charge on any atom is 0.254 e. The molecule has 6 heteroatoms. The average molecular weight is 344 g/mol. The Kier molecular flexibility index (Phi) is 4.50. The standard InChI is InChI=1S/C13H9BrClFN2O/c14-11-4-2-1-3-8(11)6-18-13(19)10-5-9(16)7-17-12(10)15/h1-5,7H,6H2,(H,18,19). The first-order valence-electron chi connectivity index (χ1n) is 5.40. The Morgan fingerprint density at radius 1 is 1.42 bits per heavy atom. The lowest BCUT2D eigenvalue weighted by atomic mass is 10.2.